The van der Waals surface area contributed by atoms with Crippen LogP contribution in [0.25, 0.3) is 0 Å². The van der Waals surface area contributed by atoms with Gasteiger partial charge in [0, 0.05) is 5.92 Å². The van der Waals surface area contributed by atoms with E-state index in [1.807, 2.05) is 12.1 Å². The van der Waals surface area contributed by atoms with Gasteiger partial charge in [0.2, 0.25) is 0 Å². The molecule has 0 aliphatic heterocycles. The van der Waals surface area contributed by atoms with Crippen LogP contribution in [-0.2, 0) is 0 Å². The quantitative estimate of drug-likeness (QED) is 0.530. The summed E-state index contributed by atoms with van der Waals surface area (Å²) in [6.07, 6.45) is 7.03. The average molecular weight is 143 g/mol. The summed E-state index contributed by atoms with van der Waals surface area (Å²) in [6.45, 7) is 0. The Hall–Kier alpha value is -1.04. The first-order valence-electron chi connectivity index (χ1n) is 4.10. The monoisotopic (exact) mass is 143 g/mol. The molecular weight excluding hydrogens is 132 g/mol. The van der Waals surface area contributed by atoms with Gasteiger partial charge in [0.15, 0.2) is 0 Å². The molecule has 0 fully saturated rings. The fraction of sp³-hybridized carbons (Fsp3) is 0.273. The van der Waals surface area contributed by atoms with E-state index in [4.69, 9.17) is 0 Å². The first kappa shape index (κ1) is 6.66. The maximum absolute atomic E-state index is 3.26. The van der Waals surface area contributed by atoms with Crippen molar-refractivity contribution in [2.24, 2.45) is 0 Å². The average Bonchev–Trinajstić information content (AvgIpc) is 2.58. The highest BCUT2D eigenvalue weighted by Crippen LogP contribution is 2.27. The molecule has 0 spiro atoms. The molecule has 0 N–H and O–H groups in total. The molecule has 1 atom stereocenters. The van der Waals surface area contributed by atoms with E-state index in [9.17, 15) is 0 Å². The first-order valence-corrected chi connectivity index (χ1v) is 4.10. The Morgan fingerprint density at radius 1 is 1.36 bits per heavy atom. The summed E-state index contributed by atoms with van der Waals surface area (Å²) in [7, 11) is 0. The van der Waals surface area contributed by atoms with E-state index in [-0.39, 0.29) is 0 Å². The fourth-order valence-corrected chi connectivity index (χ4v) is 1.53. The zero-order valence-corrected chi connectivity index (χ0v) is 6.46. The number of hydrogen-bond donors (Lipinski definition) is 0. The molecule has 0 aromatic heterocycles. The van der Waals surface area contributed by atoms with Gasteiger partial charge < -0.3 is 0 Å². The summed E-state index contributed by atoms with van der Waals surface area (Å²) in [4.78, 5) is 0. The second-order valence-corrected chi connectivity index (χ2v) is 2.93. The predicted octanol–water partition coefficient (Wildman–Crippen LogP) is 2.92. The highest BCUT2D eigenvalue weighted by molar-refractivity contribution is 5.24. The van der Waals surface area contributed by atoms with Gasteiger partial charge in [0.25, 0.3) is 0 Å². The number of benzene rings is 1. The van der Waals surface area contributed by atoms with Gasteiger partial charge in [-0.05, 0) is 24.5 Å². The first-order chi connectivity index (χ1) is 5.47. The van der Waals surface area contributed by atoms with Gasteiger partial charge in [-0.25, -0.2) is 0 Å². The summed E-state index contributed by atoms with van der Waals surface area (Å²) >= 11 is 0. The Kier molecular flexibility index (Phi) is 1.76. The van der Waals surface area contributed by atoms with E-state index in [2.05, 4.69) is 30.4 Å². The summed E-state index contributed by atoms with van der Waals surface area (Å²) in [5, 5.41) is 0. The Morgan fingerprint density at radius 2 is 2.36 bits per heavy atom. The van der Waals surface area contributed by atoms with E-state index in [0.717, 1.165) is 0 Å². The van der Waals surface area contributed by atoms with Crippen molar-refractivity contribution in [2.75, 3.05) is 0 Å². The van der Waals surface area contributed by atoms with Crippen LogP contribution in [0.3, 0.4) is 0 Å². The largest absolute Gasteiger partial charge is 0.0879 e. The van der Waals surface area contributed by atoms with Crippen LogP contribution < -0.4 is 0 Å². The zero-order valence-electron chi connectivity index (χ0n) is 6.46. The third-order valence-corrected chi connectivity index (χ3v) is 2.15. The van der Waals surface area contributed by atoms with Crippen molar-refractivity contribution in [3.8, 4) is 0 Å². The van der Waals surface area contributed by atoms with Crippen molar-refractivity contribution in [2.45, 2.75) is 18.8 Å². The van der Waals surface area contributed by atoms with Crippen LogP contribution in [0.1, 0.15) is 24.3 Å². The lowest BCUT2D eigenvalue weighted by molar-refractivity contribution is 0.800. The van der Waals surface area contributed by atoms with Gasteiger partial charge in [0.1, 0.15) is 0 Å². The summed E-state index contributed by atoms with van der Waals surface area (Å²) < 4.78 is 0. The second-order valence-electron chi connectivity index (χ2n) is 2.93. The van der Waals surface area contributed by atoms with Crippen LogP contribution in [0.5, 0.6) is 0 Å². The van der Waals surface area contributed by atoms with Gasteiger partial charge in [0.05, 0.1) is 0 Å². The van der Waals surface area contributed by atoms with Gasteiger partial charge in [-0.15, -0.1) is 0 Å². The highest BCUT2D eigenvalue weighted by Gasteiger charge is 2.10. The van der Waals surface area contributed by atoms with Crippen LogP contribution in [-0.4, -0.2) is 0 Å². The predicted molar refractivity (Wildman–Crippen MR) is 46.4 cm³/mol. The molecule has 0 amide bonds. The topological polar surface area (TPSA) is 0 Å². The molecule has 0 nitrogen and oxygen atoms in total. The lowest BCUT2D eigenvalue weighted by Crippen LogP contribution is -1.89. The van der Waals surface area contributed by atoms with Crippen molar-refractivity contribution in [3.05, 3.63) is 48.0 Å². The standard InChI is InChI=1S/C11H11/c1-2-6-10(7-3-1)11-8-4-5-9-11/h1-4,6,8,11H,5,9H2. The van der Waals surface area contributed by atoms with E-state index < -0.39 is 0 Å². The molecule has 2 rings (SSSR count). The fourth-order valence-electron chi connectivity index (χ4n) is 1.53. The SMILES string of the molecule is [c]1ccccc1C1C=CCC1. The Bertz CT molecular complexity index is 246. The maximum Gasteiger partial charge on any atom is 0.00270 e. The molecule has 55 valence electrons. The molecule has 0 bridgehead atoms. The maximum atomic E-state index is 3.26. The molecule has 1 aromatic carbocycles. The van der Waals surface area contributed by atoms with Crippen LogP contribution in [0.15, 0.2) is 36.4 Å². The molecule has 11 heavy (non-hydrogen) atoms. The lowest BCUT2D eigenvalue weighted by atomic mass is 9.99. The Labute approximate surface area is 67.6 Å². The Balaban J connectivity index is 2.23. The van der Waals surface area contributed by atoms with Gasteiger partial charge in [-0.1, -0.05) is 36.4 Å². The molecular formula is C11H11. The molecule has 0 saturated carbocycles. The number of hydrogen-bond acceptors (Lipinski definition) is 0. The molecule has 1 radical (unpaired) electrons. The molecule has 1 aliphatic carbocycles. The van der Waals surface area contributed by atoms with Crippen molar-refractivity contribution in [3.63, 3.8) is 0 Å². The van der Waals surface area contributed by atoms with E-state index in [0.29, 0.717) is 5.92 Å². The van der Waals surface area contributed by atoms with Crippen molar-refractivity contribution < 1.29 is 0 Å². The van der Waals surface area contributed by atoms with Crippen LogP contribution >= 0.6 is 0 Å². The highest BCUT2D eigenvalue weighted by atomic mass is 14.1. The van der Waals surface area contributed by atoms with Gasteiger partial charge in [-0.2, -0.15) is 0 Å². The van der Waals surface area contributed by atoms with Crippen LogP contribution in [0.4, 0.5) is 0 Å². The number of allylic oxidation sites excluding steroid dienone is 2. The number of rotatable bonds is 1. The summed E-state index contributed by atoms with van der Waals surface area (Å²) in [5.41, 5.74) is 1.33. The Morgan fingerprint density at radius 3 is 3.00 bits per heavy atom. The van der Waals surface area contributed by atoms with Gasteiger partial charge >= 0.3 is 0 Å². The summed E-state index contributed by atoms with van der Waals surface area (Å²) in [6, 6.07) is 11.5. The van der Waals surface area contributed by atoms with Crippen LogP contribution in [0.2, 0.25) is 0 Å². The van der Waals surface area contributed by atoms with E-state index in [1.54, 1.807) is 0 Å². The van der Waals surface area contributed by atoms with E-state index >= 15 is 0 Å². The minimum Gasteiger partial charge on any atom is -0.0879 e. The van der Waals surface area contributed by atoms with Crippen molar-refractivity contribution in [1.29, 1.82) is 0 Å². The molecule has 0 saturated heterocycles. The molecule has 1 aliphatic rings. The van der Waals surface area contributed by atoms with E-state index in [1.165, 1.54) is 18.4 Å². The molecule has 1 unspecified atom stereocenters. The van der Waals surface area contributed by atoms with Crippen molar-refractivity contribution in [1.82, 2.24) is 0 Å². The smallest absolute Gasteiger partial charge is 0.00270 e. The normalized spacial score (nSPS) is 22.4. The minimum absolute atomic E-state index is 0.635. The zero-order chi connectivity index (χ0) is 7.52. The van der Waals surface area contributed by atoms with Crippen molar-refractivity contribution >= 4 is 0 Å². The molecule has 0 heteroatoms. The van der Waals surface area contributed by atoms with Crippen LogP contribution in [0, 0.1) is 6.07 Å². The second kappa shape index (κ2) is 2.91. The minimum atomic E-state index is 0.635. The lowest BCUT2D eigenvalue weighted by Gasteiger charge is -2.05. The summed E-state index contributed by atoms with van der Waals surface area (Å²) in [5.74, 6) is 0.635. The molecule has 1 aromatic rings. The third-order valence-electron chi connectivity index (χ3n) is 2.15. The third kappa shape index (κ3) is 1.35. The van der Waals surface area contributed by atoms with Gasteiger partial charge in [-0.3, -0.25) is 0 Å². The molecule has 0 heterocycles.